The maximum atomic E-state index is 5.14. The van der Waals surface area contributed by atoms with Crippen molar-refractivity contribution in [3.05, 3.63) is 36.0 Å². The van der Waals surface area contributed by atoms with E-state index >= 15 is 0 Å². The van der Waals surface area contributed by atoms with Crippen LogP contribution >= 0.6 is 0 Å². The lowest BCUT2D eigenvalue weighted by Crippen LogP contribution is -2.17. The molecule has 1 heterocycles. The molecule has 1 aromatic carbocycles. The minimum atomic E-state index is 0.850. The van der Waals surface area contributed by atoms with Crippen molar-refractivity contribution in [1.82, 2.24) is 9.88 Å². The Labute approximate surface area is 121 Å². The predicted molar refractivity (Wildman–Crippen MR) is 85.0 cm³/mol. The first kappa shape index (κ1) is 15.1. The molecule has 2 aromatic rings. The fourth-order valence-corrected chi connectivity index (χ4v) is 2.59. The van der Waals surface area contributed by atoms with E-state index in [4.69, 9.17) is 4.74 Å². The van der Waals surface area contributed by atoms with Crippen LogP contribution in [0.1, 0.15) is 31.9 Å². The molecule has 0 unspecified atom stereocenters. The van der Waals surface area contributed by atoms with Crippen LogP contribution in [0.3, 0.4) is 0 Å². The topological polar surface area (TPSA) is 26.2 Å². The minimum Gasteiger partial charge on any atom is -0.385 e. The van der Waals surface area contributed by atoms with Crippen LogP contribution in [0.15, 0.2) is 30.3 Å². The standard InChI is InChI=1S/C17H26N2O/c1-3-10-18-14-16-13-15-8-4-5-9-17(15)19(16)11-6-7-12-20-2/h4-5,8-9,13,18H,3,6-7,10-12,14H2,1-2H3. The number of hydrogen-bond acceptors (Lipinski definition) is 2. The van der Waals surface area contributed by atoms with Crippen LogP contribution in [0.2, 0.25) is 0 Å². The Balaban J connectivity index is 2.11. The van der Waals surface area contributed by atoms with Gasteiger partial charge in [-0.2, -0.15) is 0 Å². The van der Waals surface area contributed by atoms with Gasteiger partial charge < -0.3 is 14.6 Å². The summed E-state index contributed by atoms with van der Waals surface area (Å²) in [6.07, 6.45) is 3.45. The summed E-state index contributed by atoms with van der Waals surface area (Å²) >= 11 is 0. The zero-order valence-corrected chi connectivity index (χ0v) is 12.7. The zero-order chi connectivity index (χ0) is 14.2. The summed E-state index contributed by atoms with van der Waals surface area (Å²) in [5, 5.41) is 4.85. The van der Waals surface area contributed by atoms with E-state index in [1.807, 2.05) is 0 Å². The number of benzene rings is 1. The second-order valence-electron chi connectivity index (χ2n) is 5.22. The lowest BCUT2D eigenvalue weighted by molar-refractivity contribution is 0.191. The molecule has 1 aromatic heterocycles. The average Bonchev–Trinajstić information content (AvgIpc) is 2.82. The lowest BCUT2D eigenvalue weighted by atomic mass is 10.2. The smallest absolute Gasteiger partial charge is 0.0482 e. The second-order valence-corrected chi connectivity index (χ2v) is 5.22. The molecule has 0 atom stereocenters. The molecule has 0 bridgehead atoms. The first-order valence-electron chi connectivity index (χ1n) is 7.63. The molecule has 20 heavy (non-hydrogen) atoms. The number of aromatic nitrogens is 1. The molecule has 0 fully saturated rings. The normalized spacial score (nSPS) is 11.3. The summed E-state index contributed by atoms with van der Waals surface area (Å²) in [4.78, 5) is 0. The van der Waals surface area contributed by atoms with Gasteiger partial charge in [-0.25, -0.2) is 0 Å². The van der Waals surface area contributed by atoms with E-state index in [0.29, 0.717) is 0 Å². The first-order chi connectivity index (χ1) is 9.86. The third-order valence-electron chi connectivity index (χ3n) is 3.61. The molecule has 0 saturated heterocycles. The van der Waals surface area contributed by atoms with Crippen LogP contribution in [0.4, 0.5) is 0 Å². The van der Waals surface area contributed by atoms with Gasteiger partial charge in [0.2, 0.25) is 0 Å². The van der Waals surface area contributed by atoms with Crippen molar-refractivity contribution in [3.8, 4) is 0 Å². The van der Waals surface area contributed by atoms with E-state index in [-0.39, 0.29) is 0 Å². The summed E-state index contributed by atoms with van der Waals surface area (Å²) < 4.78 is 7.59. The summed E-state index contributed by atoms with van der Waals surface area (Å²) in [7, 11) is 1.77. The molecular formula is C17H26N2O. The second kappa shape index (κ2) is 8.08. The van der Waals surface area contributed by atoms with E-state index in [1.165, 1.54) is 23.0 Å². The Kier molecular flexibility index (Phi) is 6.09. The minimum absolute atomic E-state index is 0.850. The third-order valence-corrected chi connectivity index (χ3v) is 3.61. The molecule has 1 N–H and O–H groups in total. The van der Waals surface area contributed by atoms with E-state index in [0.717, 1.165) is 39.1 Å². The Morgan fingerprint density at radius 3 is 2.85 bits per heavy atom. The third kappa shape index (κ3) is 3.84. The fraction of sp³-hybridized carbons (Fsp3) is 0.529. The number of methoxy groups -OCH3 is 1. The van der Waals surface area contributed by atoms with Crippen molar-refractivity contribution in [1.29, 1.82) is 0 Å². The highest BCUT2D eigenvalue weighted by atomic mass is 16.5. The number of para-hydroxylation sites is 1. The van der Waals surface area contributed by atoms with Crippen molar-refractivity contribution < 1.29 is 4.74 Å². The molecule has 0 aliphatic carbocycles. The molecule has 110 valence electrons. The Bertz CT molecular complexity index is 519. The SMILES string of the molecule is CCCNCc1cc2ccccc2n1CCCCOC. The number of hydrogen-bond donors (Lipinski definition) is 1. The van der Waals surface area contributed by atoms with E-state index in [1.54, 1.807) is 7.11 Å². The Morgan fingerprint density at radius 2 is 2.05 bits per heavy atom. The van der Waals surface area contributed by atoms with Gasteiger partial charge in [0.15, 0.2) is 0 Å². The summed E-state index contributed by atoms with van der Waals surface area (Å²) in [5.41, 5.74) is 2.73. The van der Waals surface area contributed by atoms with Crippen LogP contribution in [0.5, 0.6) is 0 Å². The predicted octanol–water partition coefficient (Wildman–Crippen LogP) is 3.57. The highest BCUT2D eigenvalue weighted by molar-refractivity contribution is 5.81. The molecule has 0 aliphatic heterocycles. The number of rotatable bonds is 9. The molecule has 0 spiro atoms. The van der Waals surface area contributed by atoms with Crippen molar-refractivity contribution in [2.75, 3.05) is 20.3 Å². The first-order valence-corrected chi connectivity index (χ1v) is 7.63. The maximum Gasteiger partial charge on any atom is 0.0482 e. The monoisotopic (exact) mass is 274 g/mol. The van der Waals surface area contributed by atoms with Crippen LogP contribution in [0, 0.1) is 0 Å². The molecular weight excluding hydrogens is 248 g/mol. The van der Waals surface area contributed by atoms with E-state index in [9.17, 15) is 0 Å². The molecule has 0 aliphatic rings. The maximum absolute atomic E-state index is 5.14. The van der Waals surface area contributed by atoms with Crippen molar-refractivity contribution >= 4 is 10.9 Å². The highest BCUT2D eigenvalue weighted by Gasteiger charge is 2.07. The van der Waals surface area contributed by atoms with E-state index in [2.05, 4.69) is 47.1 Å². The number of nitrogens with one attached hydrogen (secondary N) is 1. The fourth-order valence-electron chi connectivity index (χ4n) is 2.59. The van der Waals surface area contributed by atoms with Crippen molar-refractivity contribution in [2.45, 2.75) is 39.3 Å². The van der Waals surface area contributed by atoms with Gasteiger partial charge in [0, 0.05) is 38.0 Å². The van der Waals surface area contributed by atoms with Crippen LogP contribution in [-0.2, 0) is 17.8 Å². The van der Waals surface area contributed by atoms with Gasteiger partial charge in [0.25, 0.3) is 0 Å². The van der Waals surface area contributed by atoms with Gasteiger partial charge >= 0.3 is 0 Å². The van der Waals surface area contributed by atoms with Crippen molar-refractivity contribution in [3.63, 3.8) is 0 Å². The van der Waals surface area contributed by atoms with Gasteiger partial charge in [-0.1, -0.05) is 25.1 Å². The molecule has 0 saturated carbocycles. The number of aryl methyl sites for hydroxylation is 1. The summed E-state index contributed by atoms with van der Waals surface area (Å²) in [6, 6.07) is 11.0. The van der Waals surface area contributed by atoms with Gasteiger partial charge in [0.05, 0.1) is 0 Å². The van der Waals surface area contributed by atoms with Crippen LogP contribution < -0.4 is 5.32 Å². The Hall–Kier alpha value is -1.32. The van der Waals surface area contributed by atoms with Crippen LogP contribution in [0.25, 0.3) is 10.9 Å². The largest absolute Gasteiger partial charge is 0.385 e. The lowest BCUT2D eigenvalue weighted by Gasteiger charge is -2.11. The zero-order valence-electron chi connectivity index (χ0n) is 12.7. The van der Waals surface area contributed by atoms with Gasteiger partial charge in [-0.15, -0.1) is 0 Å². The number of unbranched alkanes of at least 4 members (excludes halogenated alkanes) is 1. The van der Waals surface area contributed by atoms with Gasteiger partial charge in [0.1, 0.15) is 0 Å². The quantitative estimate of drug-likeness (QED) is 0.708. The summed E-state index contributed by atoms with van der Waals surface area (Å²) in [5.74, 6) is 0. The molecule has 3 heteroatoms. The molecule has 3 nitrogen and oxygen atoms in total. The number of fused-ring (bicyclic) bond motifs is 1. The highest BCUT2D eigenvalue weighted by Crippen LogP contribution is 2.20. The van der Waals surface area contributed by atoms with Gasteiger partial charge in [-0.3, -0.25) is 0 Å². The molecule has 0 radical (unpaired) electrons. The van der Waals surface area contributed by atoms with Crippen LogP contribution in [-0.4, -0.2) is 24.8 Å². The van der Waals surface area contributed by atoms with Crippen molar-refractivity contribution in [2.24, 2.45) is 0 Å². The van der Waals surface area contributed by atoms with E-state index < -0.39 is 0 Å². The average molecular weight is 274 g/mol. The number of ether oxygens (including phenoxy) is 1. The number of nitrogens with zero attached hydrogens (tertiary/aromatic N) is 1. The summed E-state index contributed by atoms with van der Waals surface area (Å²) in [6.45, 7) is 6.15. The molecule has 0 amide bonds. The van der Waals surface area contributed by atoms with Gasteiger partial charge in [-0.05, 0) is 43.3 Å². The Morgan fingerprint density at radius 1 is 1.20 bits per heavy atom. The molecule has 2 rings (SSSR count).